The first kappa shape index (κ1) is 22.7. The molecule has 1 fully saturated rings. The van der Waals surface area contributed by atoms with E-state index in [1.165, 1.54) is 23.4 Å². The van der Waals surface area contributed by atoms with Crippen molar-refractivity contribution in [3.8, 4) is 0 Å². The first-order valence-electron chi connectivity index (χ1n) is 10.8. The van der Waals surface area contributed by atoms with Gasteiger partial charge in [0.15, 0.2) is 0 Å². The van der Waals surface area contributed by atoms with E-state index >= 15 is 0 Å². The highest BCUT2D eigenvalue weighted by Gasteiger charge is 2.26. The van der Waals surface area contributed by atoms with Gasteiger partial charge in [0, 0.05) is 41.9 Å². The fourth-order valence-electron chi connectivity index (χ4n) is 4.23. The molecular weight excluding hydrogens is 438 g/mol. The second kappa shape index (κ2) is 9.55. The molecule has 1 N–H and O–H groups in total. The normalized spacial score (nSPS) is 15.9. The molecule has 6 nitrogen and oxygen atoms in total. The number of piperazine rings is 1. The molecule has 1 aliphatic rings. The van der Waals surface area contributed by atoms with Crippen LogP contribution in [0.2, 0.25) is 5.02 Å². The maximum absolute atomic E-state index is 12.9. The number of rotatable bonds is 5. The standard InChI is InChI=1S/C26H26ClN3O3/c1-17-5-3-8-22(13-17)30-12-11-29(16-18(30)2)24-10-9-20(26(32)33)15-23(24)28-25(31)19-6-4-7-21(27)14-19/h3-10,13-15,18H,11-12,16H2,1-2H3,(H,28,31)(H,32,33)/p-1. The summed E-state index contributed by atoms with van der Waals surface area (Å²) in [7, 11) is 0. The number of carboxylic acid groups (broad SMARTS) is 1. The summed E-state index contributed by atoms with van der Waals surface area (Å²) in [6.07, 6.45) is 0. The SMILES string of the molecule is Cc1cccc(N2CCN(c3ccc(C(=O)[O-])cc3NC(=O)c3cccc(Cl)c3)CC2C)c1. The van der Waals surface area contributed by atoms with E-state index in [0.717, 1.165) is 25.3 Å². The number of nitrogens with zero attached hydrogens (tertiary/aromatic N) is 2. The molecule has 4 rings (SSSR count). The summed E-state index contributed by atoms with van der Waals surface area (Å²) >= 11 is 6.02. The molecule has 3 aromatic carbocycles. The Hall–Kier alpha value is -3.51. The molecule has 7 heteroatoms. The van der Waals surface area contributed by atoms with Gasteiger partial charge in [0.25, 0.3) is 5.91 Å². The van der Waals surface area contributed by atoms with Gasteiger partial charge in [0.2, 0.25) is 0 Å². The van der Waals surface area contributed by atoms with E-state index in [4.69, 9.17) is 11.6 Å². The molecule has 0 bridgehead atoms. The Kier molecular flexibility index (Phi) is 6.56. The smallest absolute Gasteiger partial charge is 0.255 e. The van der Waals surface area contributed by atoms with E-state index in [1.807, 2.05) is 0 Å². The number of hydrogen-bond acceptors (Lipinski definition) is 5. The number of nitrogens with one attached hydrogen (secondary N) is 1. The molecular formula is C26H25ClN3O3-. The van der Waals surface area contributed by atoms with Crippen LogP contribution in [0.5, 0.6) is 0 Å². The summed E-state index contributed by atoms with van der Waals surface area (Å²) in [5, 5.41) is 14.8. The first-order chi connectivity index (χ1) is 15.8. The average molecular weight is 463 g/mol. The highest BCUT2D eigenvalue weighted by Crippen LogP contribution is 2.31. The number of carbonyl (C=O) groups excluding carboxylic acids is 2. The molecule has 0 radical (unpaired) electrons. The van der Waals surface area contributed by atoms with E-state index in [1.54, 1.807) is 30.3 Å². The Balaban J connectivity index is 1.59. The molecule has 3 aromatic rings. The fraction of sp³-hybridized carbons (Fsp3) is 0.231. The van der Waals surface area contributed by atoms with Crippen molar-refractivity contribution < 1.29 is 14.7 Å². The van der Waals surface area contributed by atoms with E-state index in [9.17, 15) is 14.7 Å². The van der Waals surface area contributed by atoms with Crippen LogP contribution >= 0.6 is 11.6 Å². The van der Waals surface area contributed by atoms with E-state index < -0.39 is 5.97 Å². The maximum Gasteiger partial charge on any atom is 0.255 e. The average Bonchev–Trinajstić information content (AvgIpc) is 2.79. The third kappa shape index (κ3) is 5.12. The highest BCUT2D eigenvalue weighted by molar-refractivity contribution is 6.31. The van der Waals surface area contributed by atoms with Crippen molar-refractivity contribution in [3.05, 3.63) is 88.4 Å². The highest BCUT2D eigenvalue weighted by atomic mass is 35.5. The number of carboxylic acids is 1. The van der Waals surface area contributed by atoms with E-state index in [0.29, 0.717) is 16.3 Å². The molecule has 170 valence electrons. The molecule has 1 saturated heterocycles. The number of halogens is 1. The molecule has 1 aliphatic heterocycles. The number of anilines is 3. The quantitative estimate of drug-likeness (QED) is 0.620. The van der Waals surface area contributed by atoms with Crippen LogP contribution in [0.15, 0.2) is 66.7 Å². The van der Waals surface area contributed by atoms with Crippen molar-refractivity contribution in [1.29, 1.82) is 0 Å². The Morgan fingerprint density at radius 1 is 1.00 bits per heavy atom. The summed E-state index contributed by atoms with van der Waals surface area (Å²) in [5.74, 6) is -1.65. The van der Waals surface area contributed by atoms with Crippen molar-refractivity contribution >= 4 is 40.5 Å². The van der Waals surface area contributed by atoms with Gasteiger partial charge in [0.05, 0.1) is 17.3 Å². The zero-order valence-corrected chi connectivity index (χ0v) is 19.3. The lowest BCUT2D eigenvalue weighted by Gasteiger charge is -2.43. The van der Waals surface area contributed by atoms with E-state index in [-0.39, 0.29) is 17.5 Å². The topological polar surface area (TPSA) is 75.7 Å². The number of hydrogen-bond donors (Lipinski definition) is 1. The summed E-state index contributed by atoms with van der Waals surface area (Å²) < 4.78 is 0. The Labute approximate surface area is 198 Å². The summed E-state index contributed by atoms with van der Waals surface area (Å²) in [6, 6.07) is 20.0. The van der Waals surface area contributed by atoms with Crippen molar-refractivity contribution in [2.45, 2.75) is 19.9 Å². The van der Waals surface area contributed by atoms with Gasteiger partial charge in [-0.25, -0.2) is 0 Å². The summed E-state index contributed by atoms with van der Waals surface area (Å²) in [6.45, 7) is 6.49. The van der Waals surface area contributed by atoms with Crippen LogP contribution in [0.1, 0.15) is 33.2 Å². The van der Waals surface area contributed by atoms with E-state index in [2.05, 4.69) is 53.2 Å². The van der Waals surface area contributed by atoms with Crippen molar-refractivity contribution in [1.82, 2.24) is 0 Å². The molecule has 1 atom stereocenters. The molecule has 0 spiro atoms. The van der Waals surface area contributed by atoms with Crippen LogP contribution in [0.25, 0.3) is 0 Å². The number of benzene rings is 3. The molecule has 0 saturated carbocycles. The minimum Gasteiger partial charge on any atom is -0.545 e. The molecule has 0 aromatic heterocycles. The van der Waals surface area contributed by atoms with Crippen molar-refractivity contribution in [3.63, 3.8) is 0 Å². The second-order valence-electron chi connectivity index (χ2n) is 8.31. The van der Waals surface area contributed by atoms with Crippen LogP contribution in [-0.4, -0.2) is 37.6 Å². The Bertz CT molecular complexity index is 1200. The Morgan fingerprint density at radius 2 is 1.79 bits per heavy atom. The first-order valence-corrected chi connectivity index (χ1v) is 11.2. The van der Waals surface area contributed by atoms with Gasteiger partial charge in [-0.15, -0.1) is 0 Å². The Morgan fingerprint density at radius 3 is 2.48 bits per heavy atom. The second-order valence-corrected chi connectivity index (χ2v) is 8.75. The van der Waals surface area contributed by atoms with Crippen LogP contribution in [0, 0.1) is 6.92 Å². The number of amides is 1. The third-order valence-corrected chi connectivity index (χ3v) is 6.10. The molecule has 33 heavy (non-hydrogen) atoms. The number of aryl methyl sites for hydroxylation is 1. The van der Waals surface area contributed by atoms with Crippen LogP contribution in [0.3, 0.4) is 0 Å². The lowest BCUT2D eigenvalue weighted by atomic mass is 10.1. The number of carbonyl (C=O) groups is 2. The summed E-state index contributed by atoms with van der Waals surface area (Å²) in [5.41, 5.74) is 4.00. The van der Waals surface area contributed by atoms with Gasteiger partial charge in [-0.3, -0.25) is 4.79 Å². The molecule has 1 heterocycles. The predicted octanol–water partition coefficient (Wildman–Crippen LogP) is 3.98. The van der Waals surface area contributed by atoms with Crippen molar-refractivity contribution in [2.75, 3.05) is 34.8 Å². The van der Waals surface area contributed by atoms with Gasteiger partial charge in [-0.05, 0) is 67.4 Å². The summed E-state index contributed by atoms with van der Waals surface area (Å²) in [4.78, 5) is 28.8. The minimum absolute atomic E-state index is 0.00610. The van der Waals surface area contributed by atoms with Crippen molar-refractivity contribution in [2.24, 2.45) is 0 Å². The fourth-order valence-corrected chi connectivity index (χ4v) is 4.42. The maximum atomic E-state index is 12.9. The number of aromatic carboxylic acids is 1. The largest absolute Gasteiger partial charge is 0.545 e. The molecule has 1 amide bonds. The van der Waals surface area contributed by atoms with Crippen LogP contribution in [-0.2, 0) is 0 Å². The zero-order chi connectivity index (χ0) is 23.5. The van der Waals surface area contributed by atoms with Gasteiger partial charge in [0.1, 0.15) is 0 Å². The monoisotopic (exact) mass is 462 g/mol. The third-order valence-electron chi connectivity index (χ3n) is 5.87. The van der Waals surface area contributed by atoms with Gasteiger partial charge >= 0.3 is 0 Å². The van der Waals surface area contributed by atoms with Crippen LogP contribution in [0.4, 0.5) is 17.1 Å². The lowest BCUT2D eigenvalue weighted by Crippen LogP contribution is -2.52. The van der Waals surface area contributed by atoms with Crippen LogP contribution < -0.4 is 20.2 Å². The lowest BCUT2D eigenvalue weighted by molar-refractivity contribution is -0.255. The van der Waals surface area contributed by atoms with Gasteiger partial charge in [-0.1, -0.05) is 35.9 Å². The molecule has 0 aliphatic carbocycles. The predicted molar refractivity (Wildman–Crippen MR) is 130 cm³/mol. The minimum atomic E-state index is -1.29. The van der Waals surface area contributed by atoms with Gasteiger partial charge < -0.3 is 25.0 Å². The zero-order valence-electron chi connectivity index (χ0n) is 18.5. The molecule has 1 unspecified atom stereocenters. The van der Waals surface area contributed by atoms with Gasteiger partial charge in [-0.2, -0.15) is 0 Å².